The van der Waals surface area contributed by atoms with Gasteiger partial charge in [-0.05, 0) is 40.2 Å². The van der Waals surface area contributed by atoms with E-state index in [2.05, 4.69) is 21.2 Å². The summed E-state index contributed by atoms with van der Waals surface area (Å²) in [5, 5.41) is 2.66. The summed E-state index contributed by atoms with van der Waals surface area (Å²) < 4.78 is 14.1. The first-order valence-electron chi connectivity index (χ1n) is 5.30. The molecule has 0 aromatic heterocycles. The minimum absolute atomic E-state index is 0.0480. The van der Waals surface area contributed by atoms with E-state index in [4.69, 9.17) is 17.3 Å². The van der Waals surface area contributed by atoms with Crippen LogP contribution in [0, 0.1) is 5.82 Å². The lowest BCUT2D eigenvalue weighted by atomic mass is 10.1. The summed E-state index contributed by atoms with van der Waals surface area (Å²) in [6.07, 6.45) is 0. The molecule has 0 aliphatic rings. The van der Waals surface area contributed by atoms with E-state index in [9.17, 15) is 9.18 Å². The Bertz CT molecular complexity index is 608. The van der Waals surface area contributed by atoms with Crippen molar-refractivity contribution < 1.29 is 9.18 Å². The third kappa shape index (κ3) is 2.88. The lowest BCUT2D eigenvalue weighted by Crippen LogP contribution is -2.16. The fourth-order valence-electron chi connectivity index (χ4n) is 1.57. The SMILES string of the molecule is Nc1cccc(Cl)c1C(=O)Nc1c(F)cccc1Br. The van der Waals surface area contributed by atoms with Crippen LogP contribution in [0.4, 0.5) is 15.8 Å². The number of para-hydroxylation sites is 1. The number of amides is 1. The monoisotopic (exact) mass is 342 g/mol. The van der Waals surface area contributed by atoms with Crippen molar-refractivity contribution in [2.24, 2.45) is 0 Å². The minimum atomic E-state index is -0.561. The van der Waals surface area contributed by atoms with Gasteiger partial charge in [-0.1, -0.05) is 23.7 Å². The molecule has 2 aromatic rings. The van der Waals surface area contributed by atoms with E-state index in [1.807, 2.05) is 0 Å². The molecule has 0 radical (unpaired) electrons. The van der Waals surface area contributed by atoms with Gasteiger partial charge in [0.1, 0.15) is 5.82 Å². The van der Waals surface area contributed by atoms with Crippen LogP contribution in [0.2, 0.25) is 5.02 Å². The zero-order valence-electron chi connectivity index (χ0n) is 9.58. The van der Waals surface area contributed by atoms with Gasteiger partial charge in [0.2, 0.25) is 0 Å². The fraction of sp³-hybridized carbons (Fsp3) is 0. The largest absolute Gasteiger partial charge is 0.398 e. The molecule has 6 heteroatoms. The standard InChI is InChI=1S/C13H9BrClFN2O/c14-7-3-1-5-9(16)12(7)18-13(19)11-8(15)4-2-6-10(11)17/h1-6H,17H2,(H,18,19). The van der Waals surface area contributed by atoms with Crippen molar-refractivity contribution in [2.75, 3.05) is 11.1 Å². The number of benzene rings is 2. The number of halogens is 3. The van der Waals surface area contributed by atoms with Crippen LogP contribution in [-0.2, 0) is 0 Å². The maximum absolute atomic E-state index is 13.6. The van der Waals surface area contributed by atoms with Crippen LogP contribution in [-0.4, -0.2) is 5.91 Å². The predicted molar refractivity (Wildman–Crippen MR) is 77.9 cm³/mol. The van der Waals surface area contributed by atoms with Gasteiger partial charge < -0.3 is 11.1 Å². The number of carbonyl (C=O) groups is 1. The highest BCUT2D eigenvalue weighted by atomic mass is 79.9. The van der Waals surface area contributed by atoms with E-state index >= 15 is 0 Å². The first-order chi connectivity index (χ1) is 9.00. The molecule has 0 unspecified atom stereocenters. The Kier molecular flexibility index (Phi) is 4.07. The van der Waals surface area contributed by atoms with Crippen molar-refractivity contribution in [3.8, 4) is 0 Å². The zero-order valence-corrected chi connectivity index (χ0v) is 11.9. The topological polar surface area (TPSA) is 55.1 Å². The van der Waals surface area contributed by atoms with E-state index in [0.717, 1.165) is 0 Å². The van der Waals surface area contributed by atoms with Crippen LogP contribution >= 0.6 is 27.5 Å². The number of nitrogens with one attached hydrogen (secondary N) is 1. The third-order valence-electron chi connectivity index (χ3n) is 2.47. The minimum Gasteiger partial charge on any atom is -0.398 e. The van der Waals surface area contributed by atoms with Gasteiger partial charge in [0.05, 0.1) is 16.3 Å². The van der Waals surface area contributed by atoms with E-state index in [1.54, 1.807) is 24.3 Å². The molecular formula is C13H9BrClFN2O. The van der Waals surface area contributed by atoms with Crippen LogP contribution in [0.3, 0.4) is 0 Å². The van der Waals surface area contributed by atoms with Crippen LogP contribution in [0.5, 0.6) is 0 Å². The second-order valence-corrected chi connectivity index (χ2v) is 5.02. The van der Waals surface area contributed by atoms with Crippen LogP contribution in [0.15, 0.2) is 40.9 Å². The molecule has 0 aliphatic heterocycles. The molecule has 0 bridgehead atoms. The Balaban J connectivity index is 2.37. The summed E-state index contributed by atoms with van der Waals surface area (Å²) >= 11 is 9.09. The summed E-state index contributed by atoms with van der Waals surface area (Å²) in [6.45, 7) is 0. The van der Waals surface area contributed by atoms with Gasteiger partial charge in [0.25, 0.3) is 5.91 Å². The van der Waals surface area contributed by atoms with Gasteiger partial charge in [0.15, 0.2) is 0 Å². The Morgan fingerprint density at radius 2 is 1.95 bits per heavy atom. The number of hydrogen-bond donors (Lipinski definition) is 2. The fourth-order valence-corrected chi connectivity index (χ4v) is 2.28. The van der Waals surface area contributed by atoms with Gasteiger partial charge in [-0.25, -0.2) is 4.39 Å². The van der Waals surface area contributed by atoms with Gasteiger partial charge in [-0.2, -0.15) is 0 Å². The molecule has 0 aliphatic carbocycles. The van der Waals surface area contributed by atoms with Gasteiger partial charge >= 0.3 is 0 Å². The Morgan fingerprint density at radius 3 is 2.58 bits per heavy atom. The molecule has 19 heavy (non-hydrogen) atoms. The smallest absolute Gasteiger partial charge is 0.259 e. The Morgan fingerprint density at radius 1 is 1.26 bits per heavy atom. The average Bonchev–Trinajstić information content (AvgIpc) is 2.34. The molecule has 0 spiro atoms. The lowest BCUT2D eigenvalue weighted by molar-refractivity contribution is 0.102. The van der Waals surface area contributed by atoms with Gasteiger partial charge in [-0.3, -0.25) is 4.79 Å². The maximum atomic E-state index is 13.6. The molecule has 0 atom stereocenters. The van der Waals surface area contributed by atoms with Crippen molar-refractivity contribution in [1.29, 1.82) is 0 Å². The molecule has 0 saturated heterocycles. The van der Waals surface area contributed by atoms with Crippen LogP contribution < -0.4 is 11.1 Å². The number of rotatable bonds is 2. The highest BCUT2D eigenvalue weighted by Gasteiger charge is 2.16. The molecule has 98 valence electrons. The second kappa shape index (κ2) is 5.59. The average molecular weight is 344 g/mol. The molecule has 3 nitrogen and oxygen atoms in total. The molecule has 0 fully saturated rings. The number of anilines is 2. The Hall–Kier alpha value is -1.59. The van der Waals surface area contributed by atoms with E-state index in [0.29, 0.717) is 4.47 Å². The molecule has 1 amide bonds. The normalized spacial score (nSPS) is 10.3. The van der Waals surface area contributed by atoms with E-state index in [-0.39, 0.29) is 22.0 Å². The lowest BCUT2D eigenvalue weighted by Gasteiger charge is -2.11. The summed E-state index contributed by atoms with van der Waals surface area (Å²) in [7, 11) is 0. The summed E-state index contributed by atoms with van der Waals surface area (Å²) in [5.41, 5.74) is 6.11. The molecule has 0 heterocycles. The Labute approximate surface area is 122 Å². The third-order valence-corrected chi connectivity index (χ3v) is 3.45. The number of carbonyl (C=O) groups excluding carboxylic acids is 1. The predicted octanol–water partition coefficient (Wildman–Crippen LogP) is 4.08. The van der Waals surface area contributed by atoms with Crippen LogP contribution in [0.25, 0.3) is 0 Å². The number of hydrogen-bond acceptors (Lipinski definition) is 2. The molecule has 3 N–H and O–H groups in total. The second-order valence-electron chi connectivity index (χ2n) is 3.75. The number of nitrogen functional groups attached to an aromatic ring is 1. The summed E-state index contributed by atoms with van der Waals surface area (Å²) in [4.78, 5) is 12.1. The van der Waals surface area contributed by atoms with Crippen molar-refractivity contribution in [1.82, 2.24) is 0 Å². The van der Waals surface area contributed by atoms with Gasteiger partial charge in [0, 0.05) is 10.2 Å². The quantitative estimate of drug-likeness (QED) is 0.807. The highest BCUT2D eigenvalue weighted by molar-refractivity contribution is 9.10. The maximum Gasteiger partial charge on any atom is 0.259 e. The first-order valence-corrected chi connectivity index (χ1v) is 6.47. The van der Waals surface area contributed by atoms with Crippen molar-refractivity contribution in [2.45, 2.75) is 0 Å². The van der Waals surface area contributed by atoms with Gasteiger partial charge in [-0.15, -0.1) is 0 Å². The molecule has 2 rings (SSSR count). The highest BCUT2D eigenvalue weighted by Crippen LogP contribution is 2.28. The van der Waals surface area contributed by atoms with Crippen LogP contribution in [0.1, 0.15) is 10.4 Å². The van der Waals surface area contributed by atoms with Crippen molar-refractivity contribution in [3.63, 3.8) is 0 Å². The molecule has 0 saturated carbocycles. The zero-order chi connectivity index (χ0) is 14.0. The first kappa shape index (κ1) is 13.8. The molecular weight excluding hydrogens is 335 g/mol. The van der Waals surface area contributed by atoms with Crippen molar-refractivity contribution in [3.05, 3.63) is 57.3 Å². The summed E-state index contributed by atoms with van der Waals surface area (Å²) in [6, 6.07) is 9.12. The van der Waals surface area contributed by atoms with E-state index < -0.39 is 11.7 Å². The molecule has 2 aromatic carbocycles. The number of nitrogens with two attached hydrogens (primary N) is 1. The van der Waals surface area contributed by atoms with E-state index in [1.165, 1.54) is 12.1 Å². The van der Waals surface area contributed by atoms with Crippen molar-refractivity contribution >= 4 is 44.8 Å². The summed E-state index contributed by atoms with van der Waals surface area (Å²) in [5.74, 6) is -1.11.